The van der Waals surface area contributed by atoms with Crippen LogP contribution in [0.1, 0.15) is 18.4 Å². The van der Waals surface area contributed by atoms with Gasteiger partial charge in [-0.15, -0.1) is 0 Å². The summed E-state index contributed by atoms with van der Waals surface area (Å²) in [6.07, 6.45) is 2.60. The molecule has 0 bridgehead atoms. The molecule has 0 saturated carbocycles. The van der Waals surface area contributed by atoms with Crippen molar-refractivity contribution in [3.8, 4) is 0 Å². The van der Waals surface area contributed by atoms with Gasteiger partial charge < -0.3 is 14.9 Å². The van der Waals surface area contributed by atoms with Gasteiger partial charge in [0.05, 0.1) is 6.61 Å². The Morgan fingerprint density at radius 1 is 1.50 bits per heavy atom. The van der Waals surface area contributed by atoms with E-state index in [2.05, 4.69) is 52.0 Å². The normalized spacial score (nSPS) is 20.3. The standard InChI is InChI=1S/C14H21BrN2O/c1-16-7-3-4-13(16)9-17(2)12-6-5-11(10-18)14(15)8-12/h5-6,8,13,18H,3-4,7,9-10H2,1-2H3. The maximum Gasteiger partial charge on any atom is 0.0692 e. The van der Waals surface area contributed by atoms with E-state index in [1.165, 1.54) is 25.1 Å². The summed E-state index contributed by atoms with van der Waals surface area (Å²) in [4.78, 5) is 4.73. The van der Waals surface area contributed by atoms with Gasteiger partial charge in [0.2, 0.25) is 0 Å². The van der Waals surface area contributed by atoms with Crippen molar-refractivity contribution in [1.82, 2.24) is 4.90 Å². The Kier molecular flexibility index (Phi) is 4.65. The minimum absolute atomic E-state index is 0.0793. The van der Waals surface area contributed by atoms with E-state index in [0.29, 0.717) is 6.04 Å². The van der Waals surface area contributed by atoms with E-state index >= 15 is 0 Å². The molecule has 0 radical (unpaired) electrons. The van der Waals surface area contributed by atoms with Crippen LogP contribution >= 0.6 is 15.9 Å². The minimum Gasteiger partial charge on any atom is -0.392 e. The molecular formula is C14H21BrN2O. The van der Waals surface area contributed by atoms with E-state index in [1.807, 2.05) is 6.07 Å². The summed E-state index contributed by atoms with van der Waals surface area (Å²) in [5, 5.41) is 9.16. The number of benzene rings is 1. The van der Waals surface area contributed by atoms with Gasteiger partial charge in [0, 0.05) is 29.8 Å². The molecular weight excluding hydrogens is 292 g/mol. The fraction of sp³-hybridized carbons (Fsp3) is 0.571. The Hall–Kier alpha value is -0.580. The molecule has 0 aliphatic carbocycles. The van der Waals surface area contributed by atoms with Gasteiger partial charge >= 0.3 is 0 Å². The molecule has 1 saturated heterocycles. The van der Waals surface area contributed by atoms with Gasteiger partial charge in [-0.25, -0.2) is 0 Å². The largest absolute Gasteiger partial charge is 0.392 e. The Balaban J connectivity index is 2.04. The van der Waals surface area contributed by atoms with Gasteiger partial charge in [0.15, 0.2) is 0 Å². The zero-order valence-electron chi connectivity index (χ0n) is 11.1. The van der Waals surface area contributed by atoms with Crippen molar-refractivity contribution < 1.29 is 5.11 Å². The Bertz CT molecular complexity index is 411. The van der Waals surface area contributed by atoms with Crippen LogP contribution in [0.3, 0.4) is 0 Å². The first-order valence-corrected chi connectivity index (χ1v) is 7.21. The highest BCUT2D eigenvalue weighted by atomic mass is 79.9. The molecule has 100 valence electrons. The lowest BCUT2D eigenvalue weighted by atomic mass is 10.1. The fourth-order valence-electron chi connectivity index (χ4n) is 2.53. The Labute approximate surface area is 118 Å². The molecule has 2 rings (SSSR count). The maximum absolute atomic E-state index is 9.16. The van der Waals surface area contributed by atoms with Crippen molar-refractivity contribution in [3.05, 3.63) is 28.2 Å². The summed E-state index contributed by atoms with van der Waals surface area (Å²) < 4.78 is 0.981. The minimum atomic E-state index is 0.0793. The molecule has 4 heteroatoms. The van der Waals surface area contributed by atoms with Crippen LogP contribution in [0.5, 0.6) is 0 Å². The summed E-state index contributed by atoms with van der Waals surface area (Å²) in [7, 11) is 4.34. The van der Waals surface area contributed by atoms with E-state index in [4.69, 9.17) is 5.11 Å². The second kappa shape index (κ2) is 6.04. The average molecular weight is 313 g/mol. The fourth-order valence-corrected chi connectivity index (χ4v) is 3.03. The first kappa shape index (κ1) is 13.8. The van der Waals surface area contributed by atoms with E-state index in [0.717, 1.165) is 16.6 Å². The molecule has 1 fully saturated rings. The third kappa shape index (κ3) is 3.05. The van der Waals surface area contributed by atoms with Crippen LogP contribution in [-0.2, 0) is 6.61 Å². The topological polar surface area (TPSA) is 26.7 Å². The number of hydrogen-bond donors (Lipinski definition) is 1. The SMILES string of the molecule is CN(CC1CCCN1C)c1ccc(CO)c(Br)c1. The molecule has 1 unspecified atom stereocenters. The molecule has 1 heterocycles. The summed E-state index contributed by atoms with van der Waals surface area (Å²) in [6, 6.07) is 6.80. The highest BCUT2D eigenvalue weighted by molar-refractivity contribution is 9.10. The summed E-state index contributed by atoms with van der Waals surface area (Å²) in [5.41, 5.74) is 2.13. The van der Waals surface area contributed by atoms with E-state index in [1.54, 1.807) is 0 Å². The predicted octanol–water partition coefficient (Wildman–Crippen LogP) is 2.47. The number of aliphatic hydroxyl groups excluding tert-OH is 1. The van der Waals surface area contributed by atoms with Crippen molar-refractivity contribution in [3.63, 3.8) is 0 Å². The average Bonchev–Trinajstić information content (AvgIpc) is 2.75. The maximum atomic E-state index is 9.16. The smallest absolute Gasteiger partial charge is 0.0692 e. The Morgan fingerprint density at radius 3 is 2.83 bits per heavy atom. The van der Waals surface area contributed by atoms with E-state index in [-0.39, 0.29) is 6.61 Å². The van der Waals surface area contributed by atoms with Crippen LogP contribution in [0, 0.1) is 0 Å². The van der Waals surface area contributed by atoms with Gasteiger partial charge in [-0.05, 0) is 44.1 Å². The number of likely N-dealkylation sites (tertiary alicyclic amines) is 1. The van der Waals surface area contributed by atoms with Gasteiger partial charge in [0.1, 0.15) is 0 Å². The van der Waals surface area contributed by atoms with Gasteiger partial charge in [0.25, 0.3) is 0 Å². The van der Waals surface area contributed by atoms with E-state index < -0.39 is 0 Å². The zero-order valence-corrected chi connectivity index (χ0v) is 12.7. The lowest BCUT2D eigenvalue weighted by Gasteiger charge is -2.27. The molecule has 0 spiro atoms. The van der Waals surface area contributed by atoms with E-state index in [9.17, 15) is 0 Å². The summed E-state index contributed by atoms with van der Waals surface area (Å²) in [5.74, 6) is 0. The highest BCUT2D eigenvalue weighted by Crippen LogP contribution is 2.25. The molecule has 1 aliphatic heterocycles. The van der Waals surface area contributed by atoms with Gasteiger partial charge in [-0.2, -0.15) is 0 Å². The van der Waals surface area contributed by atoms with Crippen LogP contribution in [-0.4, -0.2) is 43.2 Å². The third-order valence-corrected chi connectivity index (χ3v) is 4.54. The molecule has 3 nitrogen and oxygen atoms in total. The lowest BCUT2D eigenvalue weighted by Crippen LogP contribution is -2.36. The predicted molar refractivity (Wildman–Crippen MR) is 79.0 cm³/mol. The quantitative estimate of drug-likeness (QED) is 0.925. The number of anilines is 1. The summed E-state index contributed by atoms with van der Waals surface area (Å²) in [6.45, 7) is 2.35. The monoisotopic (exact) mass is 312 g/mol. The van der Waals surface area contributed by atoms with Crippen LogP contribution in [0.4, 0.5) is 5.69 Å². The van der Waals surface area contributed by atoms with Crippen molar-refractivity contribution in [1.29, 1.82) is 0 Å². The zero-order chi connectivity index (χ0) is 13.1. The van der Waals surface area contributed by atoms with Gasteiger partial charge in [-0.1, -0.05) is 22.0 Å². The number of hydrogen-bond acceptors (Lipinski definition) is 3. The number of likely N-dealkylation sites (N-methyl/N-ethyl adjacent to an activating group) is 2. The van der Waals surface area contributed by atoms with Crippen molar-refractivity contribution in [2.75, 3.05) is 32.1 Å². The second-order valence-electron chi connectivity index (χ2n) is 5.09. The molecule has 1 aliphatic rings. The van der Waals surface area contributed by atoms with Crippen LogP contribution in [0.15, 0.2) is 22.7 Å². The lowest BCUT2D eigenvalue weighted by molar-refractivity contribution is 0.281. The molecule has 0 amide bonds. The van der Waals surface area contributed by atoms with Crippen molar-refractivity contribution in [2.45, 2.75) is 25.5 Å². The molecule has 1 atom stereocenters. The summed E-state index contributed by atoms with van der Waals surface area (Å²) >= 11 is 3.50. The van der Waals surface area contributed by atoms with Gasteiger partial charge in [-0.3, -0.25) is 0 Å². The van der Waals surface area contributed by atoms with Crippen LogP contribution in [0.25, 0.3) is 0 Å². The molecule has 18 heavy (non-hydrogen) atoms. The second-order valence-corrected chi connectivity index (χ2v) is 5.95. The van der Waals surface area contributed by atoms with Crippen LogP contribution in [0.2, 0.25) is 0 Å². The molecule has 1 N–H and O–H groups in total. The van der Waals surface area contributed by atoms with Crippen molar-refractivity contribution >= 4 is 21.6 Å². The highest BCUT2D eigenvalue weighted by Gasteiger charge is 2.22. The van der Waals surface area contributed by atoms with Crippen molar-refractivity contribution in [2.24, 2.45) is 0 Å². The number of rotatable bonds is 4. The first-order valence-electron chi connectivity index (χ1n) is 6.42. The molecule has 1 aromatic rings. The number of halogens is 1. The third-order valence-electron chi connectivity index (χ3n) is 3.80. The molecule has 1 aromatic carbocycles. The number of aliphatic hydroxyl groups is 1. The number of nitrogens with zero attached hydrogens (tertiary/aromatic N) is 2. The molecule has 0 aromatic heterocycles. The Morgan fingerprint density at radius 2 is 2.28 bits per heavy atom. The first-order chi connectivity index (χ1) is 8.61. The van der Waals surface area contributed by atoms with Crippen LogP contribution < -0.4 is 4.90 Å².